The van der Waals surface area contributed by atoms with Gasteiger partial charge < -0.3 is 18.9 Å². The smallest absolute Gasteiger partial charge is 0.306 e. The number of ether oxygens (including phenoxy) is 4. The van der Waals surface area contributed by atoms with E-state index in [1.165, 1.54) is 25.7 Å². The molecule has 0 unspecified atom stereocenters. The van der Waals surface area contributed by atoms with Crippen molar-refractivity contribution >= 4 is 5.97 Å². The summed E-state index contributed by atoms with van der Waals surface area (Å²) in [6.45, 7) is 9.68. The van der Waals surface area contributed by atoms with Crippen LogP contribution in [0.5, 0.6) is 0 Å². The van der Waals surface area contributed by atoms with Gasteiger partial charge in [-0.25, -0.2) is 0 Å². The summed E-state index contributed by atoms with van der Waals surface area (Å²) in [6.07, 6.45) is 7.35. The van der Waals surface area contributed by atoms with Crippen LogP contribution in [0.25, 0.3) is 0 Å². The molecule has 0 bridgehead atoms. The first-order valence-electron chi connectivity index (χ1n) is 9.09. The molecule has 0 heterocycles. The summed E-state index contributed by atoms with van der Waals surface area (Å²) in [7, 11) is 0. The van der Waals surface area contributed by atoms with E-state index < -0.39 is 0 Å². The zero-order valence-electron chi connectivity index (χ0n) is 15.3. The molecule has 0 aromatic rings. The van der Waals surface area contributed by atoms with Crippen LogP contribution in [0.3, 0.4) is 0 Å². The normalized spacial score (nSPS) is 11.1. The molecule has 0 N–H and O–H groups in total. The molecule has 0 radical (unpaired) electrons. The minimum absolute atomic E-state index is 0.0459. The van der Waals surface area contributed by atoms with Gasteiger partial charge in [0.1, 0.15) is 0 Å². The van der Waals surface area contributed by atoms with Gasteiger partial charge in [-0.05, 0) is 26.7 Å². The third kappa shape index (κ3) is 19.3. The van der Waals surface area contributed by atoms with Gasteiger partial charge in [0.05, 0.1) is 32.5 Å². The lowest BCUT2D eigenvalue weighted by Gasteiger charge is -2.08. The summed E-state index contributed by atoms with van der Waals surface area (Å²) in [5.41, 5.74) is 0. The van der Waals surface area contributed by atoms with E-state index in [1.807, 2.05) is 13.8 Å². The Morgan fingerprint density at radius 2 is 1.26 bits per heavy atom. The molecule has 138 valence electrons. The maximum atomic E-state index is 11.3. The van der Waals surface area contributed by atoms with Crippen molar-refractivity contribution in [2.45, 2.75) is 71.8 Å². The van der Waals surface area contributed by atoms with E-state index in [-0.39, 0.29) is 12.1 Å². The van der Waals surface area contributed by atoms with Gasteiger partial charge in [0.15, 0.2) is 0 Å². The van der Waals surface area contributed by atoms with Gasteiger partial charge in [-0.3, -0.25) is 4.79 Å². The third-order valence-corrected chi connectivity index (χ3v) is 3.17. The second kappa shape index (κ2) is 17.7. The molecule has 23 heavy (non-hydrogen) atoms. The second-order valence-electron chi connectivity index (χ2n) is 5.89. The minimum Gasteiger partial charge on any atom is -0.463 e. The minimum atomic E-state index is -0.160. The fourth-order valence-electron chi connectivity index (χ4n) is 1.99. The molecule has 5 nitrogen and oxygen atoms in total. The molecule has 0 aliphatic carbocycles. The molecule has 5 heteroatoms. The molecule has 0 aliphatic heterocycles. The Morgan fingerprint density at radius 3 is 1.83 bits per heavy atom. The fourth-order valence-corrected chi connectivity index (χ4v) is 1.99. The van der Waals surface area contributed by atoms with Crippen LogP contribution in [-0.2, 0) is 23.7 Å². The first-order chi connectivity index (χ1) is 11.2. The van der Waals surface area contributed by atoms with E-state index in [1.54, 1.807) is 0 Å². The number of rotatable bonds is 17. The van der Waals surface area contributed by atoms with Crippen molar-refractivity contribution in [1.29, 1.82) is 0 Å². The summed E-state index contributed by atoms with van der Waals surface area (Å²) >= 11 is 0. The van der Waals surface area contributed by atoms with Crippen LogP contribution in [0.2, 0.25) is 0 Å². The second-order valence-corrected chi connectivity index (χ2v) is 5.89. The number of unbranched alkanes of at least 4 members (excludes halogenated alkanes) is 4. The lowest BCUT2D eigenvalue weighted by molar-refractivity contribution is -0.147. The Balaban J connectivity index is 3.06. The molecule has 0 rings (SSSR count). The van der Waals surface area contributed by atoms with Crippen LogP contribution >= 0.6 is 0 Å². The van der Waals surface area contributed by atoms with Crippen molar-refractivity contribution in [3.05, 3.63) is 0 Å². The predicted molar refractivity (Wildman–Crippen MR) is 91.7 cm³/mol. The topological polar surface area (TPSA) is 54.0 Å². The summed E-state index contributed by atoms with van der Waals surface area (Å²) in [5.74, 6) is -0.160. The summed E-state index contributed by atoms with van der Waals surface area (Å²) in [4.78, 5) is 11.3. The van der Waals surface area contributed by atoms with Crippen molar-refractivity contribution < 1.29 is 23.7 Å². The average molecular weight is 332 g/mol. The lowest BCUT2D eigenvalue weighted by Crippen LogP contribution is -2.13. The van der Waals surface area contributed by atoms with Crippen LogP contribution < -0.4 is 0 Å². The largest absolute Gasteiger partial charge is 0.463 e. The number of hydrogen-bond donors (Lipinski definition) is 0. The zero-order valence-corrected chi connectivity index (χ0v) is 15.3. The maximum Gasteiger partial charge on any atom is 0.306 e. The number of esters is 1. The van der Waals surface area contributed by atoms with Crippen LogP contribution in [-0.4, -0.2) is 51.7 Å². The van der Waals surface area contributed by atoms with Crippen LogP contribution in [0.15, 0.2) is 0 Å². The van der Waals surface area contributed by atoms with Crippen molar-refractivity contribution in [2.24, 2.45) is 0 Å². The van der Waals surface area contributed by atoms with Crippen LogP contribution in [0.1, 0.15) is 65.7 Å². The lowest BCUT2D eigenvalue weighted by atomic mass is 10.2. The highest BCUT2D eigenvalue weighted by Crippen LogP contribution is 2.02. The van der Waals surface area contributed by atoms with Gasteiger partial charge in [-0.15, -0.1) is 0 Å². The van der Waals surface area contributed by atoms with E-state index in [9.17, 15) is 4.79 Å². The number of carbonyl (C=O) groups excluding carboxylic acids is 1. The van der Waals surface area contributed by atoms with E-state index >= 15 is 0 Å². The zero-order chi connectivity index (χ0) is 17.2. The van der Waals surface area contributed by atoms with Gasteiger partial charge in [0.2, 0.25) is 0 Å². The number of hydrogen-bond acceptors (Lipinski definition) is 5. The Kier molecular flexibility index (Phi) is 17.2. The van der Waals surface area contributed by atoms with Gasteiger partial charge in [-0.1, -0.05) is 32.6 Å². The molecular formula is C18H36O5. The first kappa shape index (κ1) is 22.4. The van der Waals surface area contributed by atoms with Crippen molar-refractivity contribution in [3.63, 3.8) is 0 Å². The molecule has 0 spiro atoms. The van der Waals surface area contributed by atoms with E-state index in [0.717, 1.165) is 13.0 Å². The fraction of sp³-hybridized carbons (Fsp3) is 0.944. The SMILES string of the molecule is CCCCCCCOCCOCCOCCCC(=O)OC(C)C. The molecule has 0 saturated heterocycles. The Hall–Kier alpha value is -0.650. The summed E-state index contributed by atoms with van der Waals surface area (Å²) < 4.78 is 21.4. The van der Waals surface area contributed by atoms with Gasteiger partial charge in [0, 0.05) is 19.6 Å². The highest BCUT2D eigenvalue weighted by molar-refractivity contribution is 5.69. The maximum absolute atomic E-state index is 11.3. The quantitative estimate of drug-likeness (QED) is 0.300. The van der Waals surface area contributed by atoms with E-state index in [2.05, 4.69) is 6.92 Å². The van der Waals surface area contributed by atoms with Gasteiger partial charge >= 0.3 is 5.97 Å². The first-order valence-corrected chi connectivity index (χ1v) is 9.09. The molecule has 0 aromatic carbocycles. The summed E-state index contributed by atoms with van der Waals surface area (Å²) in [6, 6.07) is 0. The Morgan fingerprint density at radius 1 is 0.739 bits per heavy atom. The van der Waals surface area contributed by atoms with E-state index in [4.69, 9.17) is 18.9 Å². The average Bonchev–Trinajstić information content (AvgIpc) is 2.50. The molecule has 0 fully saturated rings. The van der Waals surface area contributed by atoms with Crippen LogP contribution in [0, 0.1) is 0 Å². The highest BCUT2D eigenvalue weighted by atomic mass is 16.5. The molecule has 0 amide bonds. The molecule has 0 saturated carbocycles. The van der Waals surface area contributed by atoms with Gasteiger partial charge in [0.25, 0.3) is 0 Å². The third-order valence-electron chi connectivity index (χ3n) is 3.17. The molecule has 0 aromatic heterocycles. The van der Waals surface area contributed by atoms with Crippen molar-refractivity contribution in [3.8, 4) is 0 Å². The monoisotopic (exact) mass is 332 g/mol. The summed E-state index contributed by atoms with van der Waals surface area (Å²) in [5, 5.41) is 0. The molecular weight excluding hydrogens is 296 g/mol. The Bertz CT molecular complexity index is 256. The molecule has 0 atom stereocenters. The van der Waals surface area contributed by atoms with Crippen LogP contribution in [0.4, 0.5) is 0 Å². The Labute approximate surface area is 142 Å². The number of carbonyl (C=O) groups is 1. The molecule has 0 aliphatic rings. The van der Waals surface area contributed by atoms with Gasteiger partial charge in [-0.2, -0.15) is 0 Å². The van der Waals surface area contributed by atoms with Crippen molar-refractivity contribution in [1.82, 2.24) is 0 Å². The standard InChI is InChI=1S/C18H36O5/c1-4-5-6-7-8-11-20-13-15-22-16-14-21-12-9-10-18(19)23-17(2)3/h17H,4-16H2,1-3H3. The van der Waals surface area contributed by atoms with E-state index in [0.29, 0.717) is 45.9 Å². The predicted octanol–water partition coefficient (Wildman–Crippen LogP) is 3.74. The highest BCUT2D eigenvalue weighted by Gasteiger charge is 2.04. The van der Waals surface area contributed by atoms with Crippen molar-refractivity contribution in [2.75, 3.05) is 39.6 Å².